The van der Waals surface area contributed by atoms with Gasteiger partial charge in [0.15, 0.2) is 11.6 Å². The first kappa shape index (κ1) is 19.4. The van der Waals surface area contributed by atoms with Gasteiger partial charge in [-0.3, -0.25) is 0 Å². The van der Waals surface area contributed by atoms with Crippen LogP contribution in [0, 0.1) is 17.7 Å². The van der Waals surface area contributed by atoms with Crippen molar-refractivity contribution in [3.8, 4) is 17.6 Å². The largest absolute Gasteiger partial charge is 0.573 e. The third kappa shape index (κ3) is 6.48. The Balaban J connectivity index is 1.87. The maximum absolute atomic E-state index is 13.6. The fourth-order valence-electron chi connectivity index (χ4n) is 2.05. The van der Waals surface area contributed by atoms with E-state index in [-0.39, 0.29) is 5.52 Å². The van der Waals surface area contributed by atoms with E-state index in [1.807, 2.05) is 0 Å². The van der Waals surface area contributed by atoms with E-state index < -0.39 is 17.9 Å². The lowest BCUT2D eigenvalue weighted by Crippen LogP contribution is -2.17. The Hall–Kier alpha value is -1.92. The number of nitrogens with zero attached hydrogens (tertiary/aromatic N) is 1. The van der Waals surface area contributed by atoms with Crippen LogP contribution in [0.5, 0.6) is 5.75 Å². The summed E-state index contributed by atoms with van der Waals surface area (Å²) >= 11 is 1.75. The standard InChI is InChI=1S/C16H17F4N3OS/c1-2-3-6-25-7-4-5-21-10-15-22-12-8-11(17)14(9-13(12)23-15)24-16(18,19)20/h8-9,21H,4-7,10H2,1H3,(H,22,23). The van der Waals surface area contributed by atoms with Gasteiger partial charge in [-0.2, -0.15) is 0 Å². The molecule has 0 aliphatic carbocycles. The second-order valence-electron chi connectivity index (χ2n) is 5.04. The van der Waals surface area contributed by atoms with Crippen molar-refractivity contribution in [2.75, 3.05) is 18.1 Å². The molecule has 1 aromatic carbocycles. The summed E-state index contributed by atoms with van der Waals surface area (Å²) in [6.45, 7) is 2.98. The molecule has 25 heavy (non-hydrogen) atoms. The molecule has 1 heterocycles. The van der Waals surface area contributed by atoms with Crippen LogP contribution in [0.2, 0.25) is 0 Å². The molecule has 0 amide bonds. The Morgan fingerprint density at radius 3 is 2.88 bits per heavy atom. The highest BCUT2D eigenvalue weighted by molar-refractivity contribution is 7.99. The van der Waals surface area contributed by atoms with Gasteiger partial charge in [0.1, 0.15) is 5.82 Å². The van der Waals surface area contributed by atoms with Crippen molar-refractivity contribution >= 4 is 22.8 Å². The number of imidazole rings is 1. The monoisotopic (exact) mass is 375 g/mol. The molecule has 0 atom stereocenters. The number of rotatable bonds is 8. The fraction of sp³-hybridized carbons (Fsp3) is 0.438. The van der Waals surface area contributed by atoms with Crippen molar-refractivity contribution in [2.45, 2.75) is 26.3 Å². The van der Waals surface area contributed by atoms with Crippen LogP contribution < -0.4 is 10.1 Å². The molecular formula is C16H17F4N3OS. The SMILES string of the molecule is CC#CCSCCCNCc1nc2cc(OC(F)(F)F)c(F)cc2[nH]1. The van der Waals surface area contributed by atoms with E-state index in [0.717, 1.165) is 36.6 Å². The number of hydrogen-bond donors (Lipinski definition) is 2. The van der Waals surface area contributed by atoms with Crippen LogP contribution in [-0.4, -0.2) is 34.4 Å². The van der Waals surface area contributed by atoms with Crippen LogP contribution in [-0.2, 0) is 6.54 Å². The number of ether oxygens (including phenoxy) is 1. The average Bonchev–Trinajstić information content (AvgIpc) is 2.90. The molecule has 136 valence electrons. The fourth-order valence-corrected chi connectivity index (χ4v) is 2.79. The summed E-state index contributed by atoms with van der Waals surface area (Å²) in [7, 11) is 0. The van der Waals surface area contributed by atoms with Crippen LogP contribution in [0.4, 0.5) is 17.6 Å². The van der Waals surface area contributed by atoms with Crippen molar-refractivity contribution in [1.82, 2.24) is 15.3 Å². The van der Waals surface area contributed by atoms with Crippen molar-refractivity contribution in [2.24, 2.45) is 0 Å². The van der Waals surface area contributed by atoms with Crippen LogP contribution in [0.3, 0.4) is 0 Å². The highest BCUT2D eigenvalue weighted by Gasteiger charge is 2.32. The molecule has 0 saturated heterocycles. The minimum Gasteiger partial charge on any atom is -0.403 e. The third-order valence-electron chi connectivity index (χ3n) is 3.10. The lowest BCUT2D eigenvalue weighted by molar-refractivity contribution is -0.275. The molecule has 0 saturated carbocycles. The number of alkyl halides is 3. The molecule has 2 rings (SSSR count). The summed E-state index contributed by atoms with van der Waals surface area (Å²) < 4.78 is 54.0. The predicted octanol–water partition coefficient (Wildman–Crippen LogP) is 3.84. The average molecular weight is 375 g/mol. The Bertz CT molecular complexity index is 764. The summed E-state index contributed by atoms with van der Waals surface area (Å²) in [5.41, 5.74) is 0.531. The molecular weight excluding hydrogens is 358 g/mol. The van der Waals surface area contributed by atoms with E-state index in [1.54, 1.807) is 18.7 Å². The molecule has 0 bridgehead atoms. The lowest BCUT2D eigenvalue weighted by Gasteiger charge is -2.09. The molecule has 0 radical (unpaired) electrons. The Kier molecular flexibility index (Phi) is 6.96. The molecule has 0 aliphatic rings. The van der Waals surface area contributed by atoms with Crippen molar-refractivity contribution in [3.05, 3.63) is 23.8 Å². The van der Waals surface area contributed by atoms with Crippen LogP contribution in [0.25, 0.3) is 11.0 Å². The van der Waals surface area contributed by atoms with Crippen LogP contribution >= 0.6 is 11.8 Å². The summed E-state index contributed by atoms with van der Waals surface area (Å²) in [4.78, 5) is 7.02. The third-order valence-corrected chi connectivity index (χ3v) is 4.02. The van der Waals surface area contributed by atoms with Gasteiger partial charge in [-0.15, -0.1) is 30.9 Å². The van der Waals surface area contributed by atoms with Gasteiger partial charge in [0.2, 0.25) is 0 Å². The number of benzene rings is 1. The first-order valence-corrected chi connectivity index (χ1v) is 8.66. The topological polar surface area (TPSA) is 49.9 Å². The molecule has 0 aliphatic heterocycles. The van der Waals surface area contributed by atoms with Gasteiger partial charge in [-0.25, -0.2) is 9.37 Å². The van der Waals surface area contributed by atoms with E-state index in [1.165, 1.54) is 0 Å². The summed E-state index contributed by atoms with van der Waals surface area (Å²) in [6, 6.07) is 1.88. The minimum atomic E-state index is -4.95. The first-order chi connectivity index (χ1) is 11.9. The normalized spacial score (nSPS) is 11.4. The highest BCUT2D eigenvalue weighted by atomic mass is 32.2. The molecule has 9 heteroatoms. The van der Waals surface area contributed by atoms with Gasteiger partial charge in [0, 0.05) is 12.1 Å². The van der Waals surface area contributed by atoms with E-state index >= 15 is 0 Å². The zero-order valence-corrected chi connectivity index (χ0v) is 14.3. The second kappa shape index (κ2) is 8.97. The zero-order valence-electron chi connectivity index (χ0n) is 13.5. The summed E-state index contributed by atoms with van der Waals surface area (Å²) in [5.74, 6) is 6.12. The lowest BCUT2D eigenvalue weighted by atomic mass is 10.3. The minimum absolute atomic E-state index is 0.214. The Labute approximate surface area is 146 Å². The van der Waals surface area contributed by atoms with Gasteiger partial charge in [0.05, 0.1) is 23.3 Å². The molecule has 4 nitrogen and oxygen atoms in total. The smallest absolute Gasteiger partial charge is 0.403 e. The number of aromatic amines is 1. The Morgan fingerprint density at radius 1 is 1.36 bits per heavy atom. The molecule has 0 fully saturated rings. The highest BCUT2D eigenvalue weighted by Crippen LogP contribution is 2.28. The maximum atomic E-state index is 13.6. The van der Waals surface area contributed by atoms with Crippen molar-refractivity contribution in [3.63, 3.8) is 0 Å². The van der Waals surface area contributed by atoms with Gasteiger partial charge < -0.3 is 15.0 Å². The van der Waals surface area contributed by atoms with Crippen molar-refractivity contribution in [1.29, 1.82) is 0 Å². The Morgan fingerprint density at radius 2 is 2.16 bits per heavy atom. The number of fused-ring (bicyclic) bond motifs is 1. The molecule has 0 spiro atoms. The quantitative estimate of drug-likeness (QED) is 0.418. The number of nitrogens with one attached hydrogen (secondary N) is 2. The number of hydrogen-bond acceptors (Lipinski definition) is 4. The van der Waals surface area contributed by atoms with Gasteiger partial charge >= 0.3 is 6.36 Å². The van der Waals surface area contributed by atoms with Gasteiger partial charge in [-0.05, 0) is 25.6 Å². The van der Waals surface area contributed by atoms with Crippen molar-refractivity contribution < 1.29 is 22.3 Å². The summed E-state index contributed by atoms with van der Waals surface area (Å²) in [5, 5.41) is 3.17. The number of halogens is 4. The van der Waals surface area contributed by atoms with E-state index in [0.29, 0.717) is 17.9 Å². The number of H-pyrrole nitrogens is 1. The van der Waals surface area contributed by atoms with Gasteiger partial charge in [0.25, 0.3) is 0 Å². The summed E-state index contributed by atoms with van der Waals surface area (Å²) in [6.07, 6.45) is -4.00. The molecule has 2 aromatic rings. The molecule has 0 unspecified atom stereocenters. The number of thioether (sulfide) groups is 1. The predicted molar refractivity (Wildman–Crippen MR) is 89.8 cm³/mol. The van der Waals surface area contributed by atoms with Crippen LogP contribution in [0.15, 0.2) is 12.1 Å². The number of aromatic nitrogens is 2. The van der Waals surface area contributed by atoms with E-state index in [4.69, 9.17) is 0 Å². The van der Waals surface area contributed by atoms with E-state index in [2.05, 4.69) is 31.9 Å². The first-order valence-electron chi connectivity index (χ1n) is 7.51. The molecule has 1 aromatic heterocycles. The zero-order chi connectivity index (χ0) is 18.3. The maximum Gasteiger partial charge on any atom is 0.573 e. The van der Waals surface area contributed by atoms with E-state index in [9.17, 15) is 17.6 Å². The second-order valence-corrected chi connectivity index (χ2v) is 6.15. The van der Waals surface area contributed by atoms with Gasteiger partial charge in [-0.1, -0.05) is 5.92 Å². The molecule has 2 N–H and O–H groups in total. The van der Waals surface area contributed by atoms with Crippen LogP contribution in [0.1, 0.15) is 19.2 Å².